The Hall–Kier alpha value is -2.34. The predicted octanol–water partition coefficient (Wildman–Crippen LogP) is 3.35. The summed E-state index contributed by atoms with van der Waals surface area (Å²) in [6.45, 7) is 8.11. The van der Waals surface area contributed by atoms with Crippen LogP contribution in [0.2, 0.25) is 0 Å². The fourth-order valence-corrected chi connectivity index (χ4v) is 6.62. The second-order valence-electron chi connectivity index (χ2n) is 9.42. The minimum Gasteiger partial charge on any atom is -0.378 e. The number of rotatable bonds is 4. The number of allylic oxidation sites excluding steroid dienone is 2. The highest BCUT2D eigenvalue weighted by Crippen LogP contribution is 2.45. The van der Waals surface area contributed by atoms with Crippen molar-refractivity contribution in [3.05, 3.63) is 59.3 Å². The Morgan fingerprint density at radius 3 is 2.79 bits per heavy atom. The zero-order valence-corrected chi connectivity index (χ0v) is 20.2. The molecule has 0 spiro atoms. The lowest BCUT2D eigenvalue weighted by atomic mass is 9.87. The molecule has 2 fully saturated rings. The van der Waals surface area contributed by atoms with E-state index in [1.807, 2.05) is 22.5 Å². The molecular formula is C25H30N5O2P. The van der Waals surface area contributed by atoms with Gasteiger partial charge in [-0.05, 0) is 56.8 Å². The van der Waals surface area contributed by atoms with Gasteiger partial charge < -0.3 is 9.64 Å². The van der Waals surface area contributed by atoms with Crippen molar-refractivity contribution in [3.8, 4) is 0 Å². The molecular weight excluding hydrogens is 433 g/mol. The van der Waals surface area contributed by atoms with Crippen LogP contribution in [0.1, 0.15) is 36.8 Å². The van der Waals surface area contributed by atoms with Gasteiger partial charge in [0.1, 0.15) is 0 Å². The van der Waals surface area contributed by atoms with Gasteiger partial charge in [-0.3, -0.25) is 14.7 Å². The SMILES string of the molecule is CCc1nc(C)cn2nc(C3=CC(=O)N4C=C(C5CCN(C6COC6)CC5)C=CC4P3)cc12. The number of aromatic nitrogens is 3. The molecule has 0 saturated carbocycles. The highest BCUT2D eigenvalue weighted by Gasteiger charge is 2.33. The van der Waals surface area contributed by atoms with Crippen molar-refractivity contribution >= 4 is 25.3 Å². The molecule has 0 aromatic carbocycles. The van der Waals surface area contributed by atoms with E-state index in [0.717, 1.165) is 73.5 Å². The first-order valence-corrected chi connectivity index (χ1v) is 13.1. The van der Waals surface area contributed by atoms with Crippen LogP contribution >= 0.6 is 8.58 Å². The van der Waals surface area contributed by atoms with Gasteiger partial charge in [-0.15, -0.1) is 0 Å². The third-order valence-electron chi connectivity index (χ3n) is 7.28. The molecule has 0 aliphatic carbocycles. The molecule has 4 aliphatic heterocycles. The van der Waals surface area contributed by atoms with Crippen molar-refractivity contribution in [2.45, 2.75) is 44.9 Å². The van der Waals surface area contributed by atoms with E-state index in [1.165, 1.54) is 5.57 Å². The maximum Gasteiger partial charge on any atom is 0.252 e. The number of piperidine rings is 1. The van der Waals surface area contributed by atoms with E-state index in [9.17, 15) is 4.79 Å². The Morgan fingerprint density at radius 2 is 2.06 bits per heavy atom. The number of likely N-dealkylation sites (tertiary alicyclic amines) is 1. The largest absolute Gasteiger partial charge is 0.378 e. The molecule has 7 nitrogen and oxygen atoms in total. The minimum absolute atomic E-state index is 0.0572. The highest BCUT2D eigenvalue weighted by atomic mass is 31.1. The van der Waals surface area contributed by atoms with Crippen molar-refractivity contribution in [2.24, 2.45) is 5.92 Å². The van der Waals surface area contributed by atoms with Crippen LogP contribution in [0.3, 0.4) is 0 Å². The monoisotopic (exact) mass is 463 g/mol. The number of nitrogens with zero attached hydrogens (tertiary/aromatic N) is 5. The van der Waals surface area contributed by atoms with Gasteiger partial charge in [-0.2, -0.15) is 5.10 Å². The maximum atomic E-state index is 13.1. The Balaban J connectivity index is 1.20. The number of hydrogen-bond acceptors (Lipinski definition) is 5. The summed E-state index contributed by atoms with van der Waals surface area (Å²) in [7, 11) is 0.480. The smallest absolute Gasteiger partial charge is 0.252 e. The number of amides is 1. The van der Waals surface area contributed by atoms with Gasteiger partial charge in [0.25, 0.3) is 5.91 Å². The number of fused-ring (bicyclic) bond motifs is 2. The number of carbonyl (C=O) groups excluding carboxylic acids is 1. The molecule has 172 valence electrons. The van der Waals surface area contributed by atoms with Gasteiger partial charge in [-0.25, -0.2) is 4.52 Å². The molecule has 6 rings (SSSR count). The first kappa shape index (κ1) is 21.2. The number of ether oxygens (including phenoxy) is 1. The van der Waals surface area contributed by atoms with Gasteiger partial charge in [0, 0.05) is 17.6 Å². The van der Waals surface area contributed by atoms with Crippen molar-refractivity contribution < 1.29 is 9.53 Å². The summed E-state index contributed by atoms with van der Waals surface area (Å²) >= 11 is 0. The quantitative estimate of drug-likeness (QED) is 0.651. The minimum atomic E-state index is 0.0572. The van der Waals surface area contributed by atoms with Gasteiger partial charge in [0.15, 0.2) is 0 Å². The fraction of sp³-hybridized carbons (Fsp3) is 0.480. The predicted molar refractivity (Wildman–Crippen MR) is 130 cm³/mol. The first-order valence-electron chi connectivity index (χ1n) is 12.0. The zero-order chi connectivity index (χ0) is 22.5. The van der Waals surface area contributed by atoms with E-state index in [2.05, 4.69) is 41.2 Å². The third kappa shape index (κ3) is 3.86. The van der Waals surface area contributed by atoms with E-state index in [0.29, 0.717) is 20.5 Å². The Morgan fingerprint density at radius 1 is 1.24 bits per heavy atom. The van der Waals surface area contributed by atoms with Crippen LogP contribution in [-0.2, 0) is 16.0 Å². The van der Waals surface area contributed by atoms with Crippen LogP contribution in [0.5, 0.6) is 0 Å². The fourth-order valence-electron chi connectivity index (χ4n) is 5.29. The van der Waals surface area contributed by atoms with Crippen molar-refractivity contribution in [3.63, 3.8) is 0 Å². The van der Waals surface area contributed by atoms with Gasteiger partial charge in [-0.1, -0.05) is 27.7 Å². The number of aryl methyl sites for hydroxylation is 2. The average Bonchev–Trinajstić information content (AvgIpc) is 3.22. The number of hydrogen-bond donors (Lipinski definition) is 0. The summed E-state index contributed by atoms with van der Waals surface area (Å²) in [6.07, 6.45) is 13.5. The Kier molecular flexibility index (Phi) is 5.44. The van der Waals surface area contributed by atoms with Crippen LogP contribution in [0.15, 0.2) is 42.3 Å². The number of carbonyl (C=O) groups is 1. The van der Waals surface area contributed by atoms with Crippen molar-refractivity contribution in [1.29, 1.82) is 0 Å². The second kappa shape index (κ2) is 8.46. The van der Waals surface area contributed by atoms with Crippen LogP contribution in [-0.4, -0.2) is 68.4 Å². The topological polar surface area (TPSA) is 63.0 Å². The van der Waals surface area contributed by atoms with Crippen LogP contribution in [0.25, 0.3) is 10.8 Å². The molecule has 0 N–H and O–H groups in total. The van der Waals surface area contributed by atoms with Gasteiger partial charge >= 0.3 is 0 Å². The van der Waals surface area contributed by atoms with E-state index in [-0.39, 0.29) is 11.7 Å². The highest BCUT2D eigenvalue weighted by molar-refractivity contribution is 7.51. The second-order valence-corrected chi connectivity index (χ2v) is 10.8. The van der Waals surface area contributed by atoms with Crippen LogP contribution < -0.4 is 0 Å². The lowest BCUT2D eigenvalue weighted by Gasteiger charge is -2.42. The summed E-state index contributed by atoms with van der Waals surface area (Å²) in [5.41, 5.74) is 5.21. The lowest BCUT2D eigenvalue weighted by molar-refractivity contribution is -0.123. The molecule has 33 heavy (non-hydrogen) atoms. The van der Waals surface area contributed by atoms with Crippen LogP contribution in [0, 0.1) is 12.8 Å². The average molecular weight is 464 g/mol. The summed E-state index contributed by atoms with van der Waals surface area (Å²) in [6, 6.07) is 2.70. The normalized spacial score (nSPS) is 25.3. The Labute approximate surface area is 196 Å². The molecule has 2 saturated heterocycles. The third-order valence-corrected chi connectivity index (χ3v) is 8.76. The van der Waals surface area contributed by atoms with Crippen molar-refractivity contribution in [2.75, 3.05) is 26.3 Å². The molecule has 2 unspecified atom stereocenters. The standard InChI is InChI=1S/C25H30N5O2P/c1-3-20-22-10-21(27-30(22)12-16(2)26-20)23-11-24(31)29-13-18(4-5-25(29)33-23)17-6-8-28(9-7-17)19-14-32-15-19/h4-5,10-13,17,19,25,33H,3,6-9,14-15H2,1-2H3. The molecule has 1 amide bonds. The van der Waals surface area contributed by atoms with Crippen molar-refractivity contribution in [1.82, 2.24) is 24.4 Å². The molecule has 0 bridgehead atoms. The molecule has 2 aromatic rings. The molecule has 8 heteroatoms. The molecule has 4 aliphatic rings. The van der Waals surface area contributed by atoms with Gasteiger partial charge in [0.05, 0.1) is 53.8 Å². The first-order chi connectivity index (χ1) is 16.1. The summed E-state index contributed by atoms with van der Waals surface area (Å²) < 4.78 is 7.27. The van der Waals surface area contributed by atoms with E-state index in [4.69, 9.17) is 9.84 Å². The lowest BCUT2D eigenvalue weighted by Crippen LogP contribution is -2.52. The zero-order valence-electron chi connectivity index (χ0n) is 19.2. The summed E-state index contributed by atoms with van der Waals surface area (Å²) in [5.74, 6) is 0.674. The molecule has 2 aromatic heterocycles. The molecule has 6 heterocycles. The molecule has 0 radical (unpaired) electrons. The van der Waals surface area contributed by atoms with Gasteiger partial charge in [0.2, 0.25) is 0 Å². The summed E-state index contributed by atoms with van der Waals surface area (Å²) in [5, 5.41) is 5.82. The van der Waals surface area contributed by atoms with Crippen LogP contribution in [0.4, 0.5) is 0 Å². The van der Waals surface area contributed by atoms with E-state index in [1.54, 1.807) is 6.08 Å². The van der Waals surface area contributed by atoms with E-state index >= 15 is 0 Å². The summed E-state index contributed by atoms with van der Waals surface area (Å²) in [4.78, 5) is 22.3. The Bertz CT molecular complexity index is 1190. The van der Waals surface area contributed by atoms with E-state index < -0.39 is 0 Å². The maximum absolute atomic E-state index is 13.1. The molecule has 2 atom stereocenters.